The van der Waals surface area contributed by atoms with Crippen LogP contribution in [0.3, 0.4) is 0 Å². The van der Waals surface area contributed by atoms with Gasteiger partial charge in [0, 0.05) is 17.2 Å². The summed E-state index contributed by atoms with van der Waals surface area (Å²) in [7, 11) is 0. The molecule has 0 aliphatic carbocycles. The van der Waals surface area contributed by atoms with Gasteiger partial charge in [-0.1, -0.05) is 15.9 Å². The van der Waals surface area contributed by atoms with Crippen LogP contribution in [0.1, 0.15) is 5.56 Å². The first-order chi connectivity index (χ1) is 9.13. The number of rotatable bonds is 3. The van der Waals surface area contributed by atoms with Gasteiger partial charge in [-0.3, -0.25) is 4.68 Å². The number of halogens is 1. The average Bonchev–Trinajstić information content (AvgIpc) is 2.89. The van der Waals surface area contributed by atoms with E-state index >= 15 is 0 Å². The average molecular weight is 337 g/mol. The van der Waals surface area contributed by atoms with Gasteiger partial charge in [-0.05, 0) is 42.9 Å². The number of aromatic nitrogens is 4. The number of nitrogens with zero attached hydrogens (tertiary/aromatic N) is 3. The molecule has 19 heavy (non-hydrogen) atoms. The maximum absolute atomic E-state index is 5.38. The lowest BCUT2D eigenvalue weighted by molar-refractivity contribution is 0.537. The van der Waals surface area contributed by atoms with E-state index in [0.717, 1.165) is 33.4 Å². The maximum atomic E-state index is 5.38. The summed E-state index contributed by atoms with van der Waals surface area (Å²) >= 11 is 8.85. The molecule has 0 spiro atoms. The Labute approximate surface area is 124 Å². The third kappa shape index (κ3) is 2.50. The van der Waals surface area contributed by atoms with E-state index in [9.17, 15) is 0 Å². The van der Waals surface area contributed by atoms with Gasteiger partial charge in [0.1, 0.15) is 0 Å². The first kappa shape index (κ1) is 12.6. The molecule has 0 saturated heterocycles. The van der Waals surface area contributed by atoms with E-state index in [4.69, 9.17) is 12.2 Å². The third-order valence-electron chi connectivity index (χ3n) is 3.05. The summed E-state index contributed by atoms with van der Waals surface area (Å²) in [5.74, 6) is 0. The number of imidazole rings is 1. The van der Waals surface area contributed by atoms with E-state index in [1.165, 1.54) is 5.56 Å². The number of hydrogen-bond donors (Lipinski definition) is 1. The highest BCUT2D eigenvalue weighted by molar-refractivity contribution is 9.10. The van der Waals surface area contributed by atoms with Crippen molar-refractivity contribution >= 4 is 39.2 Å². The fourth-order valence-electron chi connectivity index (χ4n) is 2.15. The van der Waals surface area contributed by atoms with E-state index in [0.29, 0.717) is 0 Å². The monoisotopic (exact) mass is 336 g/mol. The predicted molar refractivity (Wildman–Crippen MR) is 81.8 cm³/mol. The van der Waals surface area contributed by atoms with Crippen LogP contribution in [-0.2, 0) is 13.1 Å². The Morgan fingerprint density at radius 3 is 2.95 bits per heavy atom. The minimum atomic E-state index is 0.747. The SMILES string of the molecule is Cc1cnn(CCn2c(=S)[nH]c3cc(Br)ccc32)c1. The van der Waals surface area contributed by atoms with Crippen molar-refractivity contribution in [2.24, 2.45) is 0 Å². The molecule has 0 unspecified atom stereocenters. The van der Waals surface area contributed by atoms with Gasteiger partial charge >= 0.3 is 0 Å². The van der Waals surface area contributed by atoms with E-state index in [1.54, 1.807) is 0 Å². The van der Waals surface area contributed by atoms with Gasteiger partial charge in [-0.2, -0.15) is 5.10 Å². The molecule has 0 bridgehead atoms. The molecule has 3 rings (SSSR count). The molecular formula is C13H13BrN4S. The van der Waals surface area contributed by atoms with Crippen LogP contribution in [0.2, 0.25) is 0 Å². The molecule has 0 saturated carbocycles. The number of benzene rings is 1. The van der Waals surface area contributed by atoms with E-state index in [-0.39, 0.29) is 0 Å². The van der Waals surface area contributed by atoms with Crippen LogP contribution < -0.4 is 0 Å². The Bertz CT molecular complexity index is 783. The van der Waals surface area contributed by atoms with Crippen LogP contribution in [0, 0.1) is 11.7 Å². The van der Waals surface area contributed by atoms with Gasteiger partial charge in [0.2, 0.25) is 0 Å². The van der Waals surface area contributed by atoms with Crippen LogP contribution in [0.4, 0.5) is 0 Å². The Morgan fingerprint density at radius 1 is 1.37 bits per heavy atom. The molecular weight excluding hydrogens is 324 g/mol. The highest BCUT2D eigenvalue weighted by Gasteiger charge is 2.05. The quantitative estimate of drug-likeness (QED) is 0.741. The van der Waals surface area contributed by atoms with Crippen molar-refractivity contribution in [3.05, 3.63) is 45.4 Å². The van der Waals surface area contributed by atoms with Gasteiger partial charge in [0.15, 0.2) is 4.77 Å². The van der Waals surface area contributed by atoms with Crippen LogP contribution >= 0.6 is 28.1 Å². The maximum Gasteiger partial charge on any atom is 0.178 e. The zero-order valence-corrected chi connectivity index (χ0v) is 12.8. The van der Waals surface area contributed by atoms with E-state index < -0.39 is 0 Å². The molecule has 0 aliphatic rings. The largest absolute Gasteiger partial charge is 0.331 e. The number of H-pyrrole nitrogens is 1. The molecule has 0 atom stereocenters. The van der Waals surface area contributed by atoms with Crippen molar-refractivity contribution in [1.29, 1.82) is 0 Å². The molecule has 2 heterocycles. The molecule has 6 heteroatoms. The summed E-state index contributed by atoms with van der Waals surface area (Å²) in [6.07, 6.45) is 3.90. The summed E-state index contributed by atoms with van der Waals surface area (Å²) in [6.45, 7) is 3.66. The third-order valence-corrected chi connectivity index (χ3v) is 3.87. The Balaban J connectivity index is 1.92. The standard InChI is InChI=1S/C13H13BrN4S/c1-9-7-15-17(8-9)4-5-18-12-3-2-10(14)6-11(12)16-13(18)19/h2-3,6-8H,4-5H2,1H3,(H,16,19). The predicted octanol–water partition coefficient (Wildman–Crippen LogP) is 3.67. The molecule has 0 aliphatic heterocycles. The summed E-state index contributed by atoms with van der Waals surface area (Å²) in [5, 5.41) is 4.29. The summed E-state index contributed by atoms with van der Waals surface area (Å²) in [4.78, 5) is 3.23. The zero-order valence-electron chi connectivity index (χ0n) is 10.4. The molecule has 0 amide bonds. The van der Waals surface area contributed by atoms with Crippen molar-refractivity contribution in [3.63, 3.8) is 0 Å². The molecule has 0 radical (unpaired) electrons. The van der Waals surface area contributed by atoms with Gasteiger partial charge in [-0.25, -0.2) is 0 Å². The van der Waals surface area contributed by atoms with Crippen molar-refractivity contribution in [2.75, 3.05) is 0 Å². The summed E-state index contributed by atoms with van der Waals surface area (Å²) in [6, 6.07) is 6.14. The second-order valence-corrected chi connectivity index (χ2v) is 5.83. The minimum Gasteiger partial charge on any atom is -0.331 e. The van der Waals surface area contributed by atoms with Crippen molar-refractivity contribution in [1.82, 2.24) is 19.3 Å². The van der Waals surface area contributed by atoms with E-state index in [1.807, 2.05) is 36.1 Å². The van der Waals surface area contributed by atoms with Gasteiger partial charge < -0.3 is 9.55 Å². The molecule has 1 N–H and O–H groups in total. The van der Waals surface area contributed by atoms with Crippen LogP contribution in [-0.4, -0.2) is 19.3 Å². The molecule has 3 aromatic rings. The number of hydrogen-bond acceptors (Lipinski definition) is 2. The first-order valence-corrected chi connectivity index (χ1v) is 7.21. The lowest BCUT2D eigenvalue weighted by atomic mass is 10.3. The van der Waals surface area contributed by atoms with Crippen molar-refractivity contribution < 1.29 is 0 Å². The number of aryl methyl sites for hydroxylation is 3. The van der Waals surface area contributed by atoms with Gasteiger partial charge in [0.05, 0.1) is 23.8 Å². The zero-order chi connectivity index (χ0) is 13.4. The minimum absolute atomic E-state index is 0.747. The number of aromatic amines is 1. The lowest BCUT2D eigenvalue weighted by Crippen LogP contribution is -2.07. The fourth-order valence-corrected chi connectivity index (χ4v) is 2.81. The van der Waals surface area contributed by atoms with Crippen molar-refractivity contribution in [2.45, 2.75) is 20.0 Å². The molecule has 1 aromatic carbocycles. The van der Waals surface area contributed by atoms with Gasteiger partial charge in [0.25, 0.3) is 0 Å². The van der Waals surface area contributed by atoms with Crippen LogP contribution in [0.25, 0.3) is 11.0 Å². The lowest BCUT2D eigenvalue weighted by Gasteiger charge is -2.05. The molecule has 0 fully saturated rings. The molecule has 2 aromatic heterocycles. The second-order valence-electron chi connectivity index (χ2n) is 4.52. The topological polar surface area (TPSA) is 38.5 Å². The number of fused-ring (bicyclic) bond motifs is 1. The smallest absolute Gasteiger partial charge is 0.178 e. The van der Waals surface area contributed by atoms with Gasteiger partial charge in [-0.15, -0.1) is 0 Å². The Morgan fingerprint density at radius 2 is 2.21 bits per heavy atom. The highest BCUT2D eigenvalue weighted by atomic mass is 79.9. The fraction of sp³-hybridized carbons (Fsp3) is 0.231. The van der Waals surface area contributed by atoms with Crippen molar-refractivity contribution in [3.8, 4) is 0 Å². The first-order valence-electron chi connectivity index (χ1n) is 6.00. The molecule has 98 valence electrons. The summed E-state index contributed by atoms with van der Waals surface area (Å²) in [5.41, 5.74) is 3.35. The Hall–Kier alpha value is -1.40. The summed E-state index contributed by atoms with van der Waals surface area (Å²) < 4.78 is 5.84. The second kappa shape index (κ2) is 4.94. The van der Waals surface area contributed by atoms with Crippen LogP contribution in [0.5, 0.6) is 0 Å². The number of nitrogens with one attached hydrogen (secondary N) is 1. The molecule has 4 nitrogen and oxygen atoms in total. The van der Waals surface area contributed by atoms with Crippen LogP contribution in [0.15, 0.2) is 35.1 Å². The Kier molecular flexibility index (Phi) is 3.28. The normalized spacial score (nSPS) is 11.3. The highest BCUT2D eigenvalue weighted by Crippen LogP contribution is 2.19. The van der Waals surface area contributed by atoms with E-state index in [2.05, 4.69) is 36.6 Å².